The average molecular weight is 260 g/mol. The molecular weight excluding hydrogens is 236 g/mol. The van der Waals surface area contributed by atoms with Crippen molar-refractivity contribution in [1.29, 1.82) is 0 Å². The maximum absolute atomic E-state index is 11.9. The van der Waals surface area contributed by atoms with Gasteiger partial charge in [0.05, 0.1) is 6.54 Å². The van der Waals surface area contributed by atoms with Crippen molar-refractivity contribution in [2.45, 2.75) is 44.7 Å². The number of carbonyl (C=O) groups is 1. The molecule has 0 unspecified atom stereocenters. The Kier molecular flexibility index (Phi) is 5.40. The van der Waals surface area contributed by atoms with Crippen LogP contribution in [0.4, 0.5) is 0 Å². The summed E-state index contributed by atoms with van der Waals surface area (Å²) in [6.07, 6.45) is 6.44. The van der Waals surface area contributed by atoms with Crippen LogP contribution in [-0.4, -0.2) is 30.4 Å². The van der Waals surface area contributed by atoms with Crippen LogP contribution in [0.5, 0.6) is 0 Å². The van der Waals surface area contributed by atoms with Crippen molar-refractivity contribution in [3.8, 4) is 0 Å². The van der Waals surface area contributed by atoms with Crippen molar-refractivity contribution in [2.24, 2.45) is 0 Å². The zero-order chi connectivity index (χ0) is 13.5. The summed E-state index contributed by atoms with van der Waals surface area (Å²) >= 11 is 0. The van der Waals surface area contributed by atoms with Gasteiger partial charge in [-0.2, -0.15) is 0 Å². The molecule has 1 aromatic carbocycles. The summed E-state index contributed by atoms with van der Waals surface area (Å²) in [6.45, 7) is 1.13. The second kappa shape index (κ2) is 7.29. The predicted molar refractivity (Wildman–Crippen MR) is 77.8 cm³/mol. The Morgan fingerprint density at radius 1 is 1.21 bits per heavy atom. The zero-order valence-corrected chi connectivity index (χ0v) is 11.8. The highest BCUT2D eigenvalue weighted by Gasteiger charge is 2.19. The number of nitrogens with zero attached hydrogens (tertiary/aromatic N) is 1. The monoisotopic (exact) mass is 260 g/mol. The van der Waals surface area contributed by atoms with Crippen LogP contribution in [0.1, 0.15) is 37.7 Å². The third-order valence-corrected chi connectivity index (χ3v) is 3.92. The third-order valence-electron chi connectivity index (χ3n) is 3.92. The zero-order valence-electron chi connectivity index (χ0n) is 11.8. The van der Waals surface area contributed by atoms with Crippen LogP contribution >= 0.6 is 0 Å². The molecule has 1 saturated carbocycles. The molecule has 0 radical (unpaired) electrons. The Bertz CT molecular complexity index is 385. The van der Waals surface area contributed by atoms with Crippen molar-refractivity contribution in [2.75, 3.05) is 13.6 Å². The molecule has 0 heterocycles. The van der Waals surface area contributed by atoms with E-state index in [2.05, 4.69) is 17.3 Å². The fourth-order valence-corrected chi connectivity index (χ4v) is 2.73. The largest absolute Gasteiger partial charge is 0.351 e. The minimum atomic E-state index is 0.122. The highest BCUT2D eigenvalue weighted by Crippen LogP contribution is 2.21. The summed E-state index contributed by atoms with van der Waals surface area (Å²) in [7, 11) is 2.07. The lowest BCUT2D eigenvalue weighted by Crippen LogP contribution is -2.41. The first-order valence-corrected chi connectivity index (χ1v) is 7.26. The van der Waals surface area contributed by atoms with Crippen molar-refractivity contribution in [3.63, 3.8) is 0 Å². The molecule has 3 nitrogen and oxygen atoms in total. The van der Waals surface area contributed by atoms with Gasteiger partial charge in [0, 0.05) is 12.6 Å². The second-order valence-electron chi connectivity index (χ2n) is 5.47. The topological polar surface area (TPSA) is 32.3 Å². The van der Waals surface area contributed by atoms with Crippen LogP contribution in [0.3, 0.4) is 0 Å². The lowest BCUT2D eigenvalue weighted by atomic mass is 9.94. The Balaban J connectivity index is 1.71. The van der Waals surface area contributed by atoms with E-state index in [1.165, 1.54) is 32.1 Å². The summed E-state index contributed by atoms with van der Waals surface area (Å²) in [4.78, 5) is 14.1. The normalized spacial score (nSPS) is 16.5. The Morgan fingerprint density at radius 3 is 2.58 bits per heavy atom. The third kappa shape index (κ3) is 4.67. The highest BCUT2D eigenvalue weighted by atomic mass is 16.2. The van der Waals surface area contributed by atoms with Gasteiger partial charge in [0.15, 0.2) is 0 Å². The molecule has 1 fully saturated rings. The first-order chi connectivity index (χ1) is 9.25. The molecule has 0 atom stereocenters. The van der Waals surface area contributed by atoms with Crippen molar-refractivity contribution >= 4 is 5.91 Å². The van der Waals surface area contributed by atoms with Crippen molar-refractivity contribution in [1.82, 2.24) is 10.2 Å². The van der Waals surface area contributed by atoms with Crippen LogP contribution in [-0.2, 0) is 11.3 Å². The van der Waals surface area contributed by atoms with Gasteiger partial charge in [-0.1, -0.05) is 49.6 Å². The number of rotatable bonds is 5. The molecule has 1 N–H and O–H groups in total. The van der Waals surface area contributed by atoms with Gasteiger partial charge in [0.1, 0.15) is 0 Å². The molecule has 0 bridgehead atoms. The quantitative estimate of drug-likeness (QED) is 0.882. The van der Waals surface area contributed by atoms with E-state index in [1.54, 1.807) is 0 Å². The lowest BCUT2D eigenvalue weighted by Gasteiger charge is -2.30. The minimum absolute atomic E-state index is 0.122. The summed E-state index contributed by atoms with van der Waals surface area (Å²) < 4.78 is 0. The van der Waals surface area contributed by atoms with Gasteiger partial charge in [-0.25, -0.2) is 0 Å². The van der Waals surface area contributed by atoms with Crippen LogP contribution in [0.25, 0.3) is 0 Å². The SMILES string of the molecule is CN(CC(=O)NCc1ccccc1)C1CCCCC1. The van der Waals surface area contributed by atoms with E-state index in [1.807, 2.05) is 30.3 Å². The van der Waals surface area contributed by atoms with Gasteiger partial charge < -0.3 is 5.32 Å². The van der Waals surface area contributed by atoms with Crippen LogP contribution in [0.15, 0.2) is 30.3 Å². The number of hydrogen-bond donors (Lipinski definition) is 1. The average Bonchev–Trinajstić information content (AvgIpc) is 2.47. The minimum Gasteiger partial charge on any atom is -0.351 e. The van der Waals surface area contributed by atoms with Gasteiger partial charge in [-0.05, 0) is 25.5 Å². The van der Waals surface area contributed by atoms with Gasteiger partial charge in [-0.3, -0.25) is 9.69 Å². The first kappa shape index (κ1) is 14.1. The molecule has 104 valence electrons. The Hall–Kier alpha value is -1.35. The van der Waals surface area contributed by atoms with E-state index in [-0.39, 0.29) is 5.91 Å². The van der Waals surface area contributed by atoms with E-state index in [0.29, 0.717) is 19.1 Å². The van der Waals surface area contributed by atoms with E-state index >= 15 is 0 Å². The molecule has 0 aromatic heterocycles. The maximum Gasteiger partial charge on any atom is 0.234 e. The summed E-state index contributed by atoms with van der Waals surface area (Å²) in [5.41, 5.74) is 1.15. The molecular formula is C16H24N2O. The molecule has 1 aliphatic rings. The highest BCUT2D eigenvalue weighted by molar-refractivity contribution is 5.78. The molecule has 2 rings (SSSR count). The lowest BCUT2D eigenvalue weighted by molar-refractivity contribution is -0.122. The number of nitrogens with one attached hydrogen (secondary N) is 1. The fraction of sp³-hybridized carbons (Fsp3) is 0.562. The van der Waals surface area contributed by atoms with Gasteiger partial charge in [0.2, 0.25) is 5.91 Å². The summed E-state index contributed by atoms with van der Waals surface area (Å²) in [6, 6.07) is 10.6. The molecule has 3 heteroatoms. The number of likely N-dealkylation sites (N-methyl/N-ethyl adjacent to an activating group) is 1. The molecule has 0 aliphatic heterocycles. The van der Waals surface area contributed by atoms with Gasteiger partial charge in [0.25, 0.3) is 0 Å². The summed E-state index contributed by atoms with van der Waals surface area (Å²) in [5, 5.41) is 2.99. The molecule has 1 aliphatic carbocycles. The molecule has 1 amide bonds. The van der Waals surface area contributed by atoms with Gasteiger partial charge >= 0.3 is 0 Å². The molecule has 1 aromatic rings. The molecule has 0 spiro atoms. The van der Waals surface area contributed by atoms with Crippen LogP contribution < -0.4 is 5.32 Å². The first-order valence-electron chi connectivity index (χ1n) is 7.26. The fourth-order valence-electron chi connectivity index (χ4n) is 2.73. The molecule has 19 heavy (non-hydrogen) atoms. The number of hydrogen-bond acceptors (Lipinski definition) is 2. The van der Waals surface area contributed by atoms with E-state index in [9.17, 15) is 4.79 Å². The van der Waals surface area contributed by atoms with E-state index < -0.39 is 0 Å². The second-order valence-corrected chi connectivity index (χ2v) is 5.47. The van der Waals surface area contributed by atoms with E-state index in [4.69, 9.17) is 0 Å². The maximum atomic E-state index is 11.9. The number of amides is 1. The number of benzene rings is 1. The van der Waals surface area contributed by atoms with Crippen LogP contribution in [0, 0.1) is 0 Å². The Labute approximate surface area is 116 Å². The van der Waals surface area contributed by atoms with Gasteiger partial charge in [-0.15, -0.1) is 0 Å². The Morgan fingerprint density at radius 2 is 1.89 bits per heavy atom. The van der Waals surface area contributed by atoms with Crippen LogP contribution in [0.2, 0.25) is 0 Å². The van der Waals surface area contributed by atoms with Crippen molar-refractivity contribution < 1.29 is 4.79 Å². The van der Waals surface area contributed by atoms with E-state index in [0.717, 1.165) is 5.56 Å². The molecule has 0 saturated heterocycles. The standard InChI is InChI=1S/C16H24N2O/c1-18(15-10-6-3-7-11-15)13-16(19)17-12-14-8-4-2-5-9-14/h2,4-5,8-9,15H,3,6-7,10-13H2,1H3,(H,17,19). The van der Waals surface area contributed by atoms with Crippen molar-refractivity contribution in [3.05, 3.63) is 35.9 Å². The number of carbonyl (C=O) groups excluding carboxylic acids is 1. The smallest absolute Gasteiger partial charge is 0.234 e. The predicted octanol–water partition coefficient (Wildman–Crippen LogP) is 2.57. The summed E-state index contributed by atoms with van der Waals surface area (Å²) in [5.74, 6) is 0.122.